The summed E-state index contributed by atoms with van der Waals surface area (Å²) in [7, 11) is 0. The molecule has 0 radical (unpaired) electrons. The van der Waals surface area contributed by atoms with Gasteiger partial charge in [-0.15, -0.1) is 0 Å². The fourth-order valence-electron chi connectivity index (χ4n) is 1.20. The van der Waals surface area contributed by atoms with E-state index in [1.165, 1.54) is 0 Å². The summed E-state index contributed by atoms with van der Waals surface area (Å²) in [6.45, 7) is 0. The van der Waals surface area contributed by atoms with Gasteiger partial charge < -0.3 is 4.42 Å². The fraction of sp³-hybridized carbons (Fsp3) is 0.100. The van der Waals surface area contributed by atoms with Gasteiger partial charge in [0.25, 0.3) is 0 Å². The first-order valence-corrected chi connectivity index (χ1v) is 3.73. The molecule has 0 amide bonds. The third-order valence-electron chi connectivity index (χ3n) is 1.80. The van der Waals surface area contributed by atoms with E-state index in [9.17, 15) is 0 Å². The molecule has 0 atom stereocenters. The van der Waals surface area contributed by atoms with Gasteiger partial charge in [0.15, 0.2) is 0 Å². The average molecular weight is 157 g/mol. The lowest BCUT2D eigenvalue weighted by atomic mass is 10.1. The van der Waals surface area contributed by atoms with Crippen molar-refractivity contribution in [3.8, 4) is 6.07 Å². The largest absolute Gasteiger partial charge is 0.464 e. The number of nitriles is 1. The van der Waals surface area contributed by atoms with Crippen LogP contribution < -0.4 is 0 Å². The molecular formula is C10H7NO. The van der Waals surface area contributed by atoms with Crippen molar-refractivity contribution in [2.75, 3.05) is 0 Å². The minimum atomic E-state index is 0.441. The van der Waals surface area contributed by atoms with Gasteiger partial charge in [0.1, 0.15) is 5.58 Å². The van der Waals surface area contributed by atoms with E-state index in [2.05, 4.69) is 6.07 Å². The molecule has 1 aromatic carbocycles. The number of nitrogens with zero attached hydrogens (tertiary/aromatic N) is 1. The maximum atomic E-state index is 8.46. The molecule has 1 aromatic heterocycles. The van der Waals surface area contributed by atoms with Crippen molar-refractivity contribution in [3.05, 3.63) is 36.1 Å². The highest BCUT2D eigenvalue weighted by atomic mass is 16.3. The van der Waals surface area contributed by atoms with Crippen molar-refractivity contribution in [2.24, 2.45) is 0 Å². The predicted octanol–water partition coefficient (Wildman–Crippen LogP) is 2.50. The maximum Gasteiger partial charge on any atom is 0.134 e. The molecule has 1 heterocycles. The van der Waals surface area contributed by atoms with Crippen LogP contribution in [0.15, 0.2) is 34.9 Å². The third kappa shape index (κ3) is 1.06. The normalized spacial score (nSPS) is 9.92. The maximum absolute atomic E-state index is 8.46. The van der Waals surface area contributed by atoms with Crippen LogP contribution in [-0.2, 0) is 6.42 Å². The topological polar surface area (TPSA) is 36.9 Å². The molecule has 0 spiro atoms. The van der Waals surface area contributed by atoms with E-state index in [0.717, 1.165) is 16.5 Å². The Kier molecular flexibility index (Phi) is 1.56. The monoisotopic (exact) mass is 157 g/mol. The summed E-state index contributed by atoms with van der Waals surface area (Å²) in [5.41, 5.74) is 1.85. The Balaban J connectivity index is 2.54. The second kappa shape index (κ2) is 2.71. The lowest BCUT2D eigenvalue weighted by Gasteiger charge is -1.92. The van der Waals surface area contributed by atoms with Crippen LogP contribution in [-0.4, -0.2) is 0 Å². The average Bonchev–Trinajstić information content (AvgIpc) is 2.51. The SMILES string of the molecule is N#CCc1ccc2ccoc2c1. The van der Waals surface area contributed by atoms with Crippen LogP contribution in [0.3, 0.4) is 0 Å². The molecule has 0 saturated carbocycles. The smallest absolute Gasteiger partial charge is 0.134 e. The number of fused-ring (bicyclic) bond motifs is 1. The van der Waals surface area contributed by atoms with Crippen molar-refractivity contribution < 1.29 is 4.42 Å². The standard InChI is InChI=1S/C10H7NO/c11-5-3-8-1-2-9-4-6-12-10(9)7-8/h1-2,4,6-7H,3H2. The molecule has 0 aliphatic heterocycles. The van der Waals surface area contributed by atoms with Crippen LogP contribution in [0.4, 0.5) is 0 Å². The predicted molar refractivity (Wildman–Crippen MR) is 45.5 cm³/mol. The number of furan rings is 1. The van der Waals surface area contributed by atoms with E-state index in [0.29, 0.717) is 6.42 Å². The Hall–Kier alpha value is -1.75. The van der Waals surface area contributed by atoms with Crippen LogP contribution >= 0.6 is 0 Å². The van der Waals surface area contributed by atoms with Gasteiger partial charge in [0, 0.05) is 5.39 Å². The molecule has 2 nitrogen and oxygen atoms in total. The van der Waals surface area contributed by atoms with E-state index in [1.807, 2.05) is 24.3 Å². The van der Waals surface area contributed by atoms with Gasteiger partial charge in [-0.3, -0.25) is 0 Å². The minimum Gasteiger partial charge on any atom is -0.464 e. The summed E-state index contributed by atoms with van der Waals surface area (Å²) in [5.74, 6) is 0. The lowest BCUT2D eigenvalue weighted by molar-refractivity contribution is 0.615. The zero-order valence-electron chi connectivity index (χ0n) is 6.45. The minimum absolute atomic E-state index is 0.441. The molecule has 0 unspecified atom stereocenters. The quantitative estimate of drug-likeness (QED) is 0.637. The van der Waals surface area contributed by atoms with E-state index < -0.39 is 0 Å². The second-order valence-electron chi connectivity index (χ2n) is 2.63. The highest BCUT2D eigenvalue weighted by Gasteiger charge is 1.97. The lowest BCUT2D eigenvalue weighted by Crippen LogP contribution is -1.78. The molecule has 2 heteroatoms. The molecule has 0 saturated heterocycles. The van der Waals surface area contributed by atoms with Crippen molar-refractivity contribution in [1.82, 2.24) is 0 Å². The number of hydrogen-bond donors (Lipinski definition) is 0. The number of rotatable bonds is 1. The summed E-state index contributed by atoms with van der Waals surface area (Å²) in [5, 5.41) is 9.54. The summed E-state index contributed by atoms with van der Waals surface area (Å²) in [6, 6.07) is 9.82. The van der Waals surface area contributed by atoms with Crippen LogP contribution in [0, 0.1) is 11.3 Å². The van der Waals surface area contributed by atoms with Gasteiger partial charge in [0.05, 0.1) is 18.8 Å². The molecule has 0 N–H and O–H groups in total. The molecular weight excluding hydrogens is 150 g/mol. The van der Waals surface area contributed by atoms with Crippen molar-refractivity contribution in [3.63, 3.8) is 0 Å². The first-order valence-electron chi connectivity index (χ1n) is 3.73. The Morgan fingerprint density at radius 2 is 2.25 bits per heavy atom. The molecule has 0 aliphatic rings. The van der Waals surface area contributed by atoms with Gasteiger partial charge in [0.2, 0.25) is 0 Å². The Labute approximate surface area is 70.0 Å². The zero-order chi connectivity index (χ0) is 8.39. The summed E-state index contributed by atoms with van der Waals surface area (Å²) >= 11 is 0. The van der Waals surface area contributed by atoms with E-state index in [-0.39, 0.29) is 0 Å². The Morgan fingerprint density at radius 1 is 1.33 bits per heavy atom. The second-order valence-corrected chi connectivity index (χ2v) is 2.63. The fourth-order valence-corrected chi connectivity index (χ4v) is 1.20. The first-order chi connectivity index (χ1) is 5.90. The number of benzene rings is 1. The van der Waals surface area contributed by atoms with Gasteiger partial charge in [-0.1, -0.05) is 12.1 Å². The third-order valence-corrected chi connectivity index (χ3v) is 1.80. The van der Waals surface area contributed by atoms with Gasteiger partial charge in [-0.05, 0) is 17.7 Å². The summed E-state index contributed by atoms with van der Waals surface area (Å²) in [4.78, 5) is 0. The zero-order valence-corrected chi connectivity index (χ0v) is 6.45. The van der Waals surface area contributed by atoms with Crippen LogP contribution in [0.2, 0.25) is 0 Å². The van der Waals surface area contributed by atoms with Gasteiger partial charge >= 0.3 is 0 Å². The molecule has 58 valence electrons. The molecule has 2 rings (SSSR count). The Bertz CT molecular complexity index is 436. The molecule has 12 heavy (non-hydrogen) atoms. The highest BCUT2D eigenvalue weighted by molar-refractivity contribution is 5.77. The number of hydrogen-bond acceptors (Lipinski definition) is 2. The molecule has 0 fully saturated rings. The van der Waals surface area contributed by atoms with Gasteiger partial charge in [-0.2, -0.15) is 5.26 Å². The van der Waals surface area contributed by atoms with Crippen LogP contribution in [0.25, 0.3) is 11.0 Å². The van der Waals surface area contributed by atoms with E-state index in [4.69, 9.17) is 9.68 Å². The van der Waals surface area contributed by atoms with Crippen molar-refractivity contribution in [2.45, 2.75) is 6.42 Å². The molecule has 2 aromatic rings. The van der Waals surface area contributed by atoms with Gasteiger partial charge in [-0.25, -0.2) is 0 Å². The van der Waals surface area contributed by atoms with E-state index >= 15 is 0 Å². The summed E-state index contributed by atoms with van der Waals surface area (Å²) in [6.07, 6.45) is 2.09. The van der Waals surface area contributed by atoms with Crippen LogP contribution in [0.5, 0.6) is 0 Å². The van der Waals surface area contributed by atoms with Crippen LogP contribution in [0.1, 0.15) is 5.56 Å². The summed E-state index contributed by atoms with van der Waals surface area (Å²) < 4.78 is 5.20. The van der Waals surface area contributed by atoms with Crippen molar-refractivity contribution in [1.29, 1.82) is 5.26 Å². The first kappa shape index (κ1) is 6.93. The van der Waals surface area contributed by atoms with Crippen molar-refractivity contribution >= 4 is 11.0 Å². The molecule has 0 aliphatic carbocycles. The molecule has 0 bridgehead atoms. The highest BCUT2D eigenvalue weighted by Crippen LogP contribution is 2.16. The van der Waals surface area contributed by atoms with E-state index in [1.54, 1.807) is 6.26 Å². The Morgan fingerprint density at radius 3 is 3.08 bits per heavy atom.